The van der Waals surface area contributed by atoms with Crippen LogP contribution < -0.4 is 4.74 Å². The van der Waals surface area contributed by atoms with E-state index in [0.29, 0.717) is 6.42 Å². The van der Waals surface area contributed by atoms with Gasteiger partial charge in [-0.25, -0.2) is 8.42 Å². The lowest BCUT2D eigenvalue weighted by molar-refractivity contribution is -0.0499. The molecule has 1 amide bonds. The first kappa shape index (κ1) is 15.7. The maximum atomic E-state index is 12.3. The predicted molar refractivity (Wildman–Crippen MR) is 72.2 cm³/mol. The second-order valence-electron chi connectivity index (χ2n) is 4.88. The highest BCUT2D eigenvalue weighted by atomic mass is 32.2. The van der Waals surface area contributed by atoms with Gasteiger partial charge in [0.2, 0.25) is 0 Å². The van der Waals surface area contributed by atoms with E-state index in [0.717, 1.165) is 0 Å². The van der Waals surface area contributed by atoms with E-state index in [4.69, 9.17) is 0 Å². The lowest BCUT2D eigenvalue weighted by Crippen LogP contribution is -2.37. The Kier molecular flexibility index (Phi) is 4.46. The van der Waals surface area contributed by atoms with Crippen molar-refractivity contribution < 1.29 is 26.7 Å². The highest BCUT2D eigenvalue weighted by Gasteiger charge is 2.33. The summed E-state index contributed by atoms with van der Waals surface area (Å²) in [5.74, 6) is -0.535. The molecule has 1 saturated heterocycles. The smallest absolute Gasteiger partial charge is 0.387 e. The normalized spacial score (nSPS) is 20.5. The number of hydrogen-bond donors (Lipinski definition) is 0. The summed E-state index contributed by atoms with van der Waals surface area (Å²) in [6, 6.07) is 5.06. The van der Waals surface area contributed by atoms with Gasteiger partial charge in [0.1, 0.15) is 5.75 Å². The molecule has 21 heavy (non-hydrogen) atoms. The Labute approximate surface area is 121 Å². The van der Waals surface area contributed by atoms with Crippen molar-refractivity contribution in [2.24, 2.45) is 0 Å². The molecule has 0 spiro atoms. The first-order valence-electron chi connectivity index (χ1n) is 6.31. The first-order chi connectivity index (χ1) is 9.78. The number of nitrogens with zero attached hydrogens (tertiary/aromatic N) is 1. The molecule has 1 heterocycles. The van der Waals surface area contributed by atoms with E-state index in [2.05, 4.69) is 4.74 Å². The molecule has 1 aliphatic heterocycles. The molecule has 1 aromatic rings. The van der Waals surface area contributed by atoms with Gasteiger partial charge < -0.3 is 9.64 Å². The summed E-state index contributed by atoms with van der Waals surface area (Å²) in [6.07, 6.45) is 0.387. The summed E-state index contributed by atoms with van der Waals surface area (Å²) in [5.41, 5.74) is 0.181. The average Bonchev–Trinajstić information content (AvgIpc) is 2.77. The molecule has 0 aromatic heterocycles. The number of amides is 1. The zero-order valence-corrected chi connectivity index (χ0v) is 12.1. The molecular weight excluding hydrogens is 304 g/mol. The van der Waals surface area contributed by atoms with Gasteiger partial charge in [-0.3, -0.25) is 4.79 Å². The van der Waals surface area contributed by atoms with Crippen LogP contribution in [0.5, 0.6) is 5.75 Å². The van der Waals surface area contributed by atoms with Crippen molar-refractivity contribution in [3.8, 4) is 5.75 Å². The Hall–Kier alpha value is -1.70. The fourth-order valence-electron chi connectivity index (χ4n) is 2.26. The van der Waals surface area contributed by atoms with E-state index in [-0.39, 0.29) is 28.9 Å². The summed E-state index contributed by atoms with van der Waals surface area (Å²) >= 11 is 0. The highest BCUT2D eigenvalue weighted by molar-refractivity contribution is 7.91. The molecule has 0 saturated carbocycles. The van der Waals surface area contributed by atoms with E-state index in [9.17, 15) is 22.0 Å². The standard InChI is InChI=1S/C13H15F2NO4S/c1-16(10-5-6-21(18,19)8-10)12(17)9-3-2-4-11(7-9)20-13(14)15/h2-4,7,10,13H,5-6,8H2,1H3. The van der Waals surface area contributed by atoms with Gasteiger partial charge in [-0.05, 0) is 24.6 Å². The predicted octanol–water partition coefficient (Wildman–Crippen LogP) is 1.55. The molecular formula is C13H15F2NO4S. The summed E-state index contributed by atoms with van der Waals surface area (Å²) in [4.78, 5) is 13.6. The van der Waals surface area contributed by atoms with Crippen molar-refractivity contribution in [2.45, 2.75) is 19.1 Å². The zero-order valence-electron chi connectivity index (χ0n) is 11.3. The molecule has 0 radical (unpaired) electrons. The molecule has 2 rings (SSSR count). The van der Waals surface area contributed by atoms with Gasteiger partial charge in [0.25, 0.3) is 5.91 Å². The number of rotatable bonds is 4. The Morgan fingerprint density at radius 3 is 2.71 bits per heavy atom. The van der Waals surface area contributed by atoms with Crippen molar-refractivity contribution in [1.82, 2.24) is 4.90 Å². The van der Waals surface area contributed by atoms with Crippen LogP contribution >= 0.6 is 0 Å². The third kappa shape index (κ3) is 3.90. The maximum absolute atomic E-state index is 12.3. The Morgan fingerprint density at radius 1 is 1.43 bits per heavy atom. The molecule has 1 aliphatic rings. The summed E-state index contributed by atoms with van der Waals surface area (Å²) in [7, 11) is -1.59. The summed E-state index contributed by atoms with van der Waals surface area (Å²) in [5, 5.41) is 0. The van der Waals surface area contributed by atoms with E-state index in [1.165, 1.54) is 36.2 Å². The number of sulfone groups is 1. The van der Waals surface area contributed by atoms with Crippen LogP contribution in [0.25, 0.3) is 0 Å². The SMILES string of the molecule is CN(C(=O)c1cccc(OC(F)F)c1)C1CCS(=O)(=O)C1. The molecule has 116 valence electrons. The number of carbonyl (C=O) groups is 1. The highest BCUT2D eigenvalue weighted by Crippen LogP contribution is 2.21. The van der Waals surface area contributed by atoms with Crippen LogP contribution in [0, 0.1) is 0 Å². The third-order valence-corrected chi connectivity index (χ3v) is 5.13. The molecule has 5 nitrogen and oxygen atoms in total. The van der Waals surface area contributed by atoms with Crippen molar-refractivity contribution in [2.75, 3.05) is 18.6 Å². The van der Waals surface area contributed by atoms with Crippen molar-refractivity contribution >= 4 is 15.7 Å². The van der Waals surface area contributed by atoms with Crippen LogP contribution in [-0.4, -0.2) is 50.4 Å². The monoisotopic (exact) mass is 319 g/mol. The molecule has 0 N–H and O–H groups in total. The minimum absolute atomic E-state index is 0.0593. The van der Waals surface area contributed by atoms with E-state index in [1.807, 2.05) is 0 Å². The van der Waals surface area contributed by atoms with Crippen LogP contribution in [0.2, 0.25) is 0 Å². The largest absolute Gasteiger partial charge is 0.435 e. The minimum Gasteiger partial charge on any atom is -0.435 e. The topological polar surface area (TPSA) is 63.7 Å². The van der Waals surface area contributed by atoms with Gasteiger partial charge in [0, 0.05) is 18.7 Å². The van der Waals surface area contributed by atoms with Crippen LogP contribution in [0.15, 0.2) is 24.3 Å². The van der Waals surface area contributed by atoms with Gasteiger partial charge in [0.15, 0.2) is 9.84 Å². The number of ether oxygens (including phenoxy) is 1. The Morgan fingerprint density at radius 2 is 2.14 bits per heavy atom. The lowest BCUT2D eigenvalue weighted by atomic mass is 10.1. The zero-order chi connectivity index (χ0) is 15.6. The number of alkyl halides is 2. The van der Waals surface area contributed by atoms with E-state index >= 15 is 0 Å². The Bertz CT molecular complexity index is 633. The molecule has 0 bridgehead atoms. The van der Waals surface area contributed by atoms with Gasteiger partial charge in [-0.1, -0.05) is 6.07 Å². The lowest BCUT2D eigenvalue weighted by Gasteiger charge is -2.23. The quantitative estimate of drug-likeness (QED) is 0.844. The molecule has 0 aliphatic carbocycles. The second-order valence-corrected chi connectivity index (χ2v) is 7.11. The number of benzene rings is 1. The summed E-state index contributed by atoms with van der Waals surface area (Å²) in [6.45, 7) is -2.96. The van der Waals surface area contributed by atoms with E-state index in [1.54, 1.807) is 0 Å². The maximum Gasteiger partial charge on any atom is 0.387 e. The Balaban J connectivity index is 2.12. The van der Waals surface area contributed by atoms with Gasteiger partial charge >= 0.3 is 6.61 Å². The molecule has 1 aromatic carbocycles. The van der Waals surface area contributed by atoms with E-state index < -0.39 is 22.4 Å². The van der Waals surface area contributed by atoms with Crippen LogP contribution in [0.3, 0.4) is 0 Å². The van der Waals surface area contributed by atoms with Crippen molar-refractivity contribution in [3.05, 3.63) is 29.8 Å². The second kappa shape index (κ2) is 5.97. The molecule has 8 heteroatoms. The molecule has 1 unspecified atom stereocenters. The van der Waals surface area contributed by atoms with Gasteiger partial charge in [-0.15, -0.1) is 0 Å². The van der Waals surface area contributed by atoms with Crippen LogP contribution in [0.1, 0.15) is 16.8 Å². The van der Waals surface area contributed by atoms with Crippen molar-refractivity contribution in [1.29, 1.82) is 0 Å². The van der Waals surface area contributed by atoms with Crippen LogP contribution in [0.4, 0.5) is 8.78 Å². The van der Waals surface area contributed by atoms with Crippen molar-refractivity contribution in [3.63, 3.8) is 0 Å². The number of halogens is 2. The third-order valence-electron chi connectivity index (χ3n) is 3.38. The fraction of sp³-hybridized carbons (Fsp3) is 0.462. The number of carbonyl (C=O) groups excluding carboxylic acids is 1. The molecule has 1 atom stereocenters. The van der Waals surface area contributed by atoms with Crippen LogP contribution in [-0.2, 0) is 9.84 Å². The first-order valence-corrected chi connectivity index (χ1v) is 8.13. The average molecular weight is 319 g/mol. The summed E-state index contributed by atoms with van der Waals surface area (Å²) < 4.78 is 51.4. The molecule has 1 fully saturated rings. The van der Waals surface area contributed by atoms with Gasteiger partial charge in [0.05, 0.1) is 11.5 Å². The number of hydrogen-bond acceptors (Lipinski definition) is 4. The minimum atomic E-state index is -3.10. The van der Waals surface area contributed by atoms with Gasteiger partial charge in [-0.2, -0.15) is 8.78 Å². The fourth-order valence-corrected chi connectivity index (χ4v) is 4.03.